The van der Waals surface area contributed by atoms with Crippen LogP contribution in [0.1, 0.15) is 17.3 Å². The first-order valence-corrected chi connectivity index (χ1v) is 10.8. The summed E-state index contributed by atoms with van der Waals surface area (Å²) < 4.78 is 21.4. The Balaban J connectivity index is 1.67. The smallest absolute Gasteiger partial charge is 0.338 e. The molecule has 0 fully saturated rings. The molecule has 0 aliphatic heterocycles. The van der Waals surface area contributed by atoms with Crippen LogP contribution < -0.4 is 16.6 Å². The van der Waals surface area contributed by atoms with Crippen molar-refractivity contribution in [1.82, 2.24) is 9.13 Å². The summed E-state index contributed by atoms with van der Waals surface area (Å²) in [6.45, 7) is 1.55. The molecule has 0 unspecified atom stereocenters. The first kappa shape index (κ1) is 22.2. The zero-order chi connectivity index (χ0) is 23.5. The van der Waals surface area contributed by atoms with Crippen molar-refractivity contribution in [3.8, 4) is 5.69 Å². The Hall–Kier alpha value is -4.05. The fourth-order valence-corrected chi connectivity index (χ4v) is 4.16. The maximum atomic E-state index is 14.4. The number of esters is 1. The molecule has 0 saturated heterocycles. The highest BCUT2D eigenvalue weighted by Crippen LogP contribution is 2.18. The van der Waals surface area contributed by atoms with Gasteiger partial charge in [0.1, 0.15) is 17.1 Å². The summed E-state index contributed by atoms with van der Waals surface area (Å²) in [6, 6.07) is 13.1. The number of carbonyl (C=O) groups excluding carboxylic acids is 2. The minimum Gasteiger partial charge on any atom is -0.462 e. The van der Waals surface area contributed by atoms with Gasteiger partial charge in [0.05, 0.1) is 23.4 Å². The molecule has 0 saturated carbocycles. The van der Waals surface area contributed by atoms with Crippen LogP contribution in [-0.4, -0.2) is 27.6 Å². The molecular weight excluding hydrogens is 449 g/mol. The predicted octanol–water partition coefficient (Wildman–Crippen LogP) is 3.17. The number of thiophene rings is 1. The van der Waals surface area contributed by atoms with Gasteiger partial charge in [-0.1, -0.05) is 12.1 Å². The summed E-state index contributed by atoms with van der Waals surface area (Å²) in [5.41, 5.74) is -0.639. The first-order chi connectivity index (χ1) is 15.9. The number of hydrogen-bond donors (Lipinski definition) is 1. The van der Waals surface area contributed by atoms with E-state index in [1.54, 1.807) is 18.4 Å². The Labute approximate surface area is 190 Å². The van der Waals surface area contributed by atoms with Gasteiger partial charge < -0.3 is 10.1 Å². The lowest BCUT2D eigenvalue weighted by atomic mass is 10.2. The van der Waals surface area contributed by atoms with Crippen LogP contribution in [0, 0.1) is 5.82 Å². The number of hydrogen-bond acceptors (Lipinski definition) is 6. The monoisotopic (exact) mass is 467 g/mol. The van der Waals surface area contributed by atoms with Crippen LogP contribution in [0.3, 0.4) is 0 Å². The van der Waals surface area contributed by atoms with E-state index in [2.05, 4.69) is 5.32 Å². The minimum atomic E-state index is -0.830. The topological polar surface area (TPSA) is 99.4 Å². The first-order valence-electron chi connectivity index (χ1n) is 9.95. The number of aromatic nitrogens is 2. The van der Waals surface area contributed by atoms with Crippen LogP contribution in [-0.2, 0) is 16.1 Å². The summed E-state index contributed by atoms with van der Waals surface area (Å²) in [5, 5.41) is 4.27. The molecule has 2 aromatic heterocycles. The van der Waals surface area contributed by atoms with Crippen molar-refractivity contribution in [2.45, 2.75) is 13.5 Å². The zero-order valence-corrected chi connectivity index (χ0v) is 18.2. The molecule has 0 atom stereocenters. The van der Waals surface area contributed by atoms with Gasteiger partial charge in [0.25, 0.3) is 5.56 Å². The number of nitrogens with one attached hydrogen (secondary N) is 1. The average Bonchev–Trinajstić information content (AvgIpc) is 3.29. The number of fused-ring (bicyclic) bond motifs is 1. The maximum Gasteiger partial charge on any atom is 0.338 e. The zero-order valence-electron chi connectivity index (χ0n) is 17.4. The molecule has 0 aliphatic rings. The maximum absolute atomic E-state index is 14.4. The molecule has 0 bridgehead atoms. The van der Waals surface area contributed by atoms with Gasteiger partial charge >= 0.3 is 11.7 Å². The standard InChI is InChI=1S/C23H18FN3O5S/c1-2-32-22(30)14-7-9-15(10-8-14)25-19(28)13-26-18-11-12-33-20(18)21(29)27(23(26)31)17-6-4-3-5-16(17)24/h3-12H,2,13H2,1H3,(H,25,28). The molecule has 8 nitrogen and oxygen atoms in total. The van der Waals surface area contributed by atoms with Crippen molar-refractivity contribution in [3.05, 3.63) is 92.2 Å². The van der Waals surface area contributed by atoms with Crippen molar-refractivity contribution in [2.75, 3.05) is 11.9 Å². The van der Waals surface area contributed by atoms with E-state index in [9.17, 15) is 23.6 Å². The van der Waals surface area contributed by atoms with Crippen LogP contribution in [0.25, 0.3) is 15.9 Å². The van der Waals surface area contributed by atoms with Gasteiger partial charge in [0.15, 0.2) is 0 Å². The van der Waals surface area contributed by atoms with Crippen LogP contribution in [0.2, 0.25) is 0 Å². The Bertz CT molecular complexity index is 1470. The highest BCUT2D eigenvalue weighted by atomic mass is 32.1. The lowest BCUT2D eigenvalue weighted by molar-refractivity contribution is -0.116. The number of benzene rings is 2. The molecule has 0 radical (unpaired) electrons. The largest absolute Gasteiger partial charge is 0.462 e. The molecule has 0 aliphatic carbocycles. The number of carbonyl (C=O) groups is 2. The third-order valence-electron chi connectivity index (χ3n) is 4.83. The number of halogens is 1. The number of amides is 1. The Morgan fingerprint density at radius 2 is 1.79 bits per heavy atom. The number of para-hydroxylation sites is 1. The van der Waals surface area contributed by atoms with E-state index < -0.39 is 35.5 Å². The molecule has 1 N–H and O–H groups in total. The van der Waals surface area contributed by atoms with Crippen molar-refractivity contribution in [2.24, 2.45) is 0 Å². The molecule has 0 spiro atoms. The van der Waals surface area contributed by atoms with Crippen LogP contribution >= 0.6 is 11.3 Å². The average molecular weight is 467 g/mol. The SMILES string of the molecule is CCOC(=O)c1ccc(NC(=O)Cn2c(=O)n(-c3ccccc3F)c(=O)c3sccc32)cc1. The summed E-state index contributed by atoms with van der Waals surface area (Å²) >= 11 is 1.10. The van der Waals surface area contributed by atoms with E-state index in [1.807, 2.05) is 0 Å². The number of rotatable bonds is 6. The lowest BCUT2D eigenvalue weighted by Gasteiger charge is -2.13. The molecular formula is C23H18FN3O5S. The van der Waals surface area contributed by atoms with Crippen LogP contribution in [0.4, 0.5) is 10.1 Å². The second kappa shape index (κ2) is 9.21. The highest BCUT2D eigenvalue weighted by molar-refractivity contribution is 7.17. The van der Waals surface area contributed by atoms with Crippen molar-refractivity contribution < 1.29 is 18.7 Å². The summed E-state index contributed by atoms with van der Waals surface area (Å²) in [4.78, 5) is 50.5. The quantitative estimate of drug-likeness (QED) is 0.439. The van der Waals surface area contributed by atoms with Crippen LogP contribution in [0.15, 0.2) is 69.6 Å². The predicted molar refractivity (Wildman–Crippen MR) is 123 cm³/mol. The van der Waals surface area contributed by atoms with Crippen molar-refractivity contribution in [1.29, 1.82) is 0 Å². The molecule has 2 heterocycles. The fraction of sp³-hybridized carbons (Fsp3) is 0.130. The third kappa shape index (κ3) is 4.33. The second-order valence-corrected chi connectivity index (χ2v) is 7.86. The van der Waals surface area contributed by atoms with Gasteiger partial charge in [-0.05, 0) is 54.8 Å². The van der Waals surface area contributed by atoms with Gasteiger partial charge in [-0.15, -0.1) is 11.3 Å². The minimum absolute atomic E-state index is 0.188. The van der Waals surface area contributed by atoms with Gasteiger partial charge in [-0.2, -0.15) is 0 Å². The number of nitrogens with zero attached hydrogens (tertiary/aromatic N) is 2. The molecule has 2 aromatic carbocycles. The Kier molecular flexibility index (Phi) is 6.18. The van der Waals surface area contributed by atoms with E-state index >= 15 is 0 Å². The van der Waals surface area contributed by atoms with E-state index in [4.69, 9.17) is 4.74 Å². The Morgan fingerprint density at radius 3 is 2.48 bits per heavy atom. The molecule has 4 aromatic rings. The summed E-state index contributed by atoms with van der Waals surface area (Å²) in [6.07, 6.45) is 0. The van der Waals surface area contributed by atoms with Gasteiger partial charge in [-0.3, -0.25) is 14.2 Å². The van der Waals surface area contributed by atoms with Crippen molar-refractivity contribution >= 4 is 39.1 Å². The fourth-order valence-electron chi connectivity index (χ4n) is 3.33. The van der Waals surface area contributed by atoms with E-state index in [0.717, 1.165) is 26.5 Å². The van der Waals surface area contributed by atoms with Crippen LogP contribution in [0.5, 0.6) is 0 Å². The number of ether oxygens (including phenoxy) is 1. The van der Waals surface area contributed by atoms with Gasteiger partial charge in [0, 0.05) is 5.69 Å². The summed E-state index contributed by atoms with van der Waals surface area (Å²) in [7, 11) is 0. The molecule has 33 heavy (non-hydrogen) atoms. The molecule has 10 heteroatoms. The normalized spacial score (nSPS) is 10.8. The van der Waals surface area contributed by atoms with E-state index in [0.29, 0.717) is 11.3 Å². The van der Waals surface area contributed by atoms with Gasteiger partial charge in [-0.25, -0.2) is 18.5 Å². The Morgan fingerprint density at radius 1 is 1.06 bits per heavy atom. The third-order valence-corrected chi connectivity index (χ3v) is 5.72. The molecule has 1 amide bonds. The second-order valence-electron chi connectivity index (χ2n) is 6.94. The highest BCUT2D eigenvalue weighted by Gasteiger charge is 2.19. The summed E-state index contributed by atoms with van der Waals surface area (Å²) in [5.74, 6) is -1.74. The lowest BCUT2D eigenvalue weighted by Crippen LogP contribution is -2.40. The van der Waals surface area contributed by atoms with Crippen molar-refractivity contribution in [3.63, 3.8) is 0 Å². The molecule has 168 valence electrons. The number of anilines is 1. The van der Waals surface area contributed by atoms with E-state index in [1.165, 1.54) is 42.5 Å². The molecule has 4 rings (SSSR count). The van der Waals surface area contributed by atoms with E-state index in [-0.39, 0.29) is 22.5 Å². The van der Waals surface area contributed by atoms with Gasteiger partial charge in [0.2, 0.25) is 5.91 Å².